The van der Waals surface area contributed by atoms with Crippen molar-refractivity contribution in [2.75, 3.05) is 12.4 Å². The van der Waals surface area contributed by atoms with Crippen molar-refractivity contribution in [3.63, 3.8) is 0 Å². The zero-order valence-corrected chi connectivity index (χ0v) is 16.7. The molecule has 8 heteroatoms. The predicted molar refractivity (Wildman–Crippen MR) is 107 cm³/mol. The molecule has 0 spiro atoms. The zero-order chi connectivity index (χ0) is 18.5. The third-order valence-electron chi connectivity index (χ3n) is 3.87. The second kappa shape index (κ2) is 8.66. The van der Waals surface area contributed by atoms with Crippen LogP contribution < -0.4 is 10.1 Å². The molecule has 1 N–H and O–H groups in total. The number of methoxy groups -OCH3 is 1. The first-order valence-electron chi connectivity index (χ1n) is 7.90. The Balaban J connectivity index is 1.62. The summed E-state index contributed by atoms with van der Waals surface area (Å²) in [5, 5.41) is 14.0. The first-order chi connectivity index (χ1) is 12.6. The van der Waals surface area contributed by atoms with Crippen LogP contribution in [0.3, 0.4) is 0 Å². The van der Waals surface area contributed by atoms with E-state index in [1.807, 2.05) is 54.1 Å². The molecule has 0 fully saturated rings. The molecule has 0 aliphatic heterocycles. The van der Waals surface area contributed by atoms with Crippen molar-refractivity contribution in [1.82, 2.24) is 14.8 Å². The topological polar surface area (TPSA) is 52.0 Å². The van der Waals surface area contributed by atoms with E-state index in [9.17, 15) is 0 Å². The third-order valence-corrected chi connectivity index (χ3v) is 5.63. The highest BCUT2D eigenvalue weighted by Gasteiger charge is 2.12. The van der Waals surface area contributed by atoms with Gasteiger partial charge in [-0.2, -0.15) is 0 Å². The van der Waals surface area contributed by atoms with Gasteiger partial charge in [-0.25, -0.2) is 0 Å². The Labute approximate surface area is 166 Å². The summed E-state index contributed by atoms with van der Waals surface area (Å²) < 4.78 is 7.12. The number of benzene rings is 2. The zero-order valence-electron chi connectivity index (χ0n) is 14.4. The Morgan fingerprint density at radius 2 is 1.77 bits per heavy atom. The van der Waals surface area contributed by atoms with E-state index in [1.54, 1.807) is 18.9 Å². The smallest absolute Gasteiger partial charge is 0.191 e. The van der Waals surface area contributed by atoms with Crippen LogP contribution in [-0.4, -0.2) is 21.9 Å². The number of hydrogen-bond acceptors (Lipinski definition) is 5. The minimum atomic E-state index is 0.573. The van der Waals surface area contributed by atoms with Crippen LogP contribution in [0.5, 0.6) is 5.75 Å². The van der Waals surface area contributed by atoms with E-state index in [1.165, 1.54) is 0 Å². The molecule has 26 heavy (non-hydrogen) atoms. The molecule has 136 valence electrons. The fourth-order valence-electron chi connectivity index (χ4n) is 2.32. The Kier molecular flexibility index (Phi) is 6.29. The number of nitrogens with zero attached hydrogens (tertiary/aromatic N) is 3. The number of anilines is 1. The van der Waals surface area contributed by atoms with Crippen molar-refractivity contribution in [3.05, 3.63) is 63.9 Å². The molecule has 3 rings (SSSR count). The van der Waals surface area contributed by atoms with E-state index in [0.717, 1.165) is 28.0 Å². The Morgan fingerprint density at radius 1 is 1.08 bits per heavy atom. The highest BCUT2D eigenvalue weighted by atomic mass is 35.5. The van der Waals surface area contributed by atoms with E-state index in [-0.39, 0.29) is 0 Å². The summed E-state index contributed by atoms with van der Waals surface area (Å²) >= 11 is 14.0. The van der Waals surface area contributed by atoms with Crippen molar-refractivity contribution >= 4 is 40.7 Å². The predicted octanol–water partition coefficient (Wildman–Crippen LogP) is 5.03. The van der Waals surface area contributed by atoms with Gasteiger partial charge >= 0.3 is 0 Å². The van der Waals surface area contributed by atoms with E-state index >= 15 is 0 Å². The molecule has 0 radical (unpaired) electrons. The maximum Gasteiger partial charge on any atom is 0.191 e. The molecular weight excluding hydrogens is 391 g/mol. The van der Waals surface area contributed by atoms with Crippen LogP contribution in [0.25, 0.3) is 0 Å². The van der Waals surface area contributed by atoms with E-state index < -0.39 is 0 Å². The van der Waals surface area contributed by atoms with Crippen molar-refractivity contribution in [2.24, 2.45) is 7.05 Å². The van der Waals surface area contributed by atoms with E-state index in [4.69, 9.17) is 27.9 Å². The van der Waals surface area contributed by atoms with Gasteiger partial charge in [0, 0.05) is 28.5 Å². The van der Waals surface area contributed by atoms with Crippen LogP contribution >= 0.6 is 35.0 Å². The molecule has 0 saturated heterocycles. The molecule has 2 aromatic carbocycles. The van der Waals surface area contributed by atoms with Crippen molar-refractivity contribution in [3.8, 4) is 5.75 Å². The maximum atomic E-state index is 6.22. The number of ether oxygens (including phenoxy) is 1. The number of aromatic nitrogens is 3. The highest BCUT2D eigenvalue weighted by molar-refractivity contribution is 7.98. The van der Waals surface area contributed by atoms with Crippen LogP contribution in [0.2, 0.25) is 10.0 Å². The monoisotopic (exact) mass is 408 g/mol. The normalized spacial score (nSPS) is 10.8. The summed E-state index contributed by atoms with van der Waals surface area (Å²) in [4.78, 5) is 0. The Morgan fingerprint density at radius 3 is 2.42 bits per heavy atom. The van der Waals surface area contributed by atoms with Gasteiger partial charge < -0.3 is 14.6 Å². The van der Waals surface area contributed by atoms with Gasteiger partial charge in [0.1, 0.15) is 5.75 Å². The van der Waals surface area contributed by atoms with Crippen molar-refractivity contribution in [1.29, 1.82) is 0 Å². The average molecular weight is 409 g/mol. The molecule has 0 amide bonds. The molecule has 0 bridgehead atoms. The molecule has 1 aromatic heterocycles. The Hall–Kier alpha value is -1.89. The van der Waals surface area contributed by atoms with Crippen molar-refractivity contribution in [2.45, 2.75) is 17.5 Å². The largest absolute Gasteiger partial charge is 0.497 e. The molecule has 5 nitrogen and oxygen atoms in total. The number of rotatable bonds is 7. The lowest BCUT2D eigenvalue weighted by atomic mass is 10.2. The molecule has 0 aliphatic carbocycles. The van der Waals surface area contributed by atoms with Crippen LogP contribution in [-0.2, 0) is 19.3 Å². The minimum absolute atomic E-state index is 0.573. The first-order valence-corrected chi connectivity index (χ1v) is 9.64. The molecule has 0 unspecified atom stereocenters. The molecule has 0 aliphatic rings. The summed E-state index contributed by atoms with van der Waals surface area (Å²) in [6, 6.07) is 13.3. The third kappa shape index (κ3) is 4.44. The van der Waals surface area contributed by atoms with Crippen LogP contribution in [0.1, 0.15) is 11.4 Å². The standard InChI is InChI=1S/C18H18Cl2N4OS/c1-24-17(10-21-12-6-8-13(25-2)9-7-12)22-23-18(24)26-11-14-15(19)4-3-5-16(14)20/h3-9,21H,10-11H2,1-2H3. The second-order valence-electron chi connectivity index (χ2n) is 5.53. The Bertz CT molecular complexity index is 863. The van der Waals surface area contributed by atoms with Gasteiger partial charge in [0.05, 0.1) is 13.7 Å². The quantitative estimate of drug-likeness (QED) is 0.555. The lowest BCUT2D eigenvalue weighted by Crippen LogP contribution is -2.06. The molecular formula is C18H18Cl2N4OS. The molecule has 0 atom stereocenters. The number of halogens is 2. The maximum absolute atomic E-state index is 6.22. The summed E-state index contributed by atoms with van der Waals surface area (Å²) in [5.41, 5.74) is 1.90. The average Bonchev–Trinajstić information content (AvgIpc) is 3.00. The van der Waals surface area contributed by atoms with E-state index in [0.29, 0.717) is 22.3 Å². The lowest BCUT2D eigenvalue weighted by Gasteiger charge is -2.08. The number of nitrogens with one attached hydrogen (secondary N) is 1. The highest BCUT2D eigenvalue weighted by Crippen LogP contribution is 2.30. The summed E-state index contributed by atoms with van der Waals surface area (Å²) in [6.45, 7) is 0.573. The van der Waals surface area contributed by atoms with Gasteiger partial charge in [-0.05, 0) is 42.0 Å². The van der Waals surface area contributed by atoms with Gasteiger partial charge in [-0.15, -0.1) is 10.2 Å². The van der Waals surface area contributed by atoms with E-state index in [2.05, 4.69) is 15.5 Å². The van der Waals surface area contributed by atoms with Gasteiger partial charge in [0.25, 0.3) is 0 Å². The van der Waals surface area contributed by atoms with Gasteiger partial charge in [-0.1, -0.05) is 41.0 Å². The molecule has 0 saturated carbocycles. The molecule has 1 heterocycles. The van der Waals surface area contributed by atoms with Crippen molar-refractivity contribution < 1.29 is 4.74 Å². The van der Waals surface area contributed by atoms with Crippen LogP contribution in [0.15, 0.2) is 47.6 Å². The van der Waals surface area contributed by atoms with Crippen LogP contribution in [0.4, 0.5) is 5.69 Å². The summed E-state index contributed by atoms with van der Waals surface area (Å²) in [6.07, 6.45) is 0. The summed E-state index contributed by atoms with van der Waals surface area (Å²) in [7, 11) is 3.60. The molecule has 3 aromatic rings. The van der Waals surface area contributed by atoms with Gasteiger partial charge in [-0.3, -0.25) is 0 Å². The number of thioether (sulfide) groups is 1. The van der Waals surface area contributed by atoms with Gasteiger partial charge in [0.2, 0.25) is 0 Å². The summed E-state index contributed by atoms with van der Waals surface area (Å²) in [5.74, 6) is 2.30. The SMILES string of the molecule is COc1ccc(NCc2nnc(SCc3c(Cl)cccc3Cl)n2C)cc1. The number of hydrogen-bond donors (Lipinski definition) is 1. The second-order valence-corrected chi connectivity index (χ2v) is 7.29. The fraction of sp³-hybridized carbons (Fsp3) is 0.222. The van der Waals surface area contributed by atoms with Gasteiger partial charge in [0.15, 0.2) is 11.0 Å². The minimum Gasteiger partial charge on any atom is -0.497 e. The first kappa shape index (κ1) is 18.9. The lowest BCUT2D eigenvalue weighted by molar-refractivity contribution is 0.415. The fourth-order valence-corrected chi connectivity index (χ4v) is 3.99. The van der Waals surface area contributed by atoms with Crippen LogP contribution in [0, 0.1) is 0 Å².